The summed E-state index contributed by atoms with van der Waals surface area (Å²) in [7, 11) is 0. The Hall–Kier alpha value is -5.16. The van der Waals surface area contributed by atoms with Crippen molar-refractivity contribution in [3.63, 3.8) is 0 Å². The number of rotatable bonds is 8. The molecule has 0 atom stereocenters. The molecule has 0 saturated carbocycles. The molecule has 0 N–H and O–H groups in total. The first kappa shape index (κ1) is 44.1. The molecular formula is C48H24Br4F8N4. The van der Waals surface area contributed by atoms with E-state index in [1.165, 1.54) is 48.5 Å². The Morgan fingerprint density at radius 1 is 0.266 bits per heavy atom. The fraction of sp³-hybridized carbons (Fsp3) is 0.0833. The number of alkyl halides is 4. The Morgan fingerprint density at radius 2 is 0.438 bits per heavy atom. The van der Waals surface area contributed by atoms with Gasteiger partial charge in [0, 0.05) is 43.6 Å². The van der Waals surface area contributed by atoms with Crippen LogP contribution in [0.15, 0.2) is 186 Å². The van der Waals surface area contributed by atoms with Crippen molar-refractivity contribution in [3.8, 4) is 0 Å². The summed E-state index contributed by atoms with van der Waals surface area (Å²) in [6.45, 7) is 0. The van der Waals surface area contributed by atoms with Crippen LogP contribution < -0.4 is 0 Å². The highest BCUT2D eigenvalue weighted by Gasteiger charge is 2.43. The van der Waals surface area contributed by atoms with Gasteiger partial charge >= 0.3 is 0 Å². The molecule has 16 heteroatoms. The molecule has 5 heterocycles. The van der Waals surface area contributed by atoms with Crippen molar-refractivity contribution in [1.82, 2.24) is 0 Å². The minimum absolute atomic E-state index is 0.00905. The van der Waals surface area contributed by atoms with Crippen LogP contribution in [0.5, 0.6) is 0 Å². The number of benzene rings is 4. The molecule has 0 unspecified atom stereocenters. The second kappa shape index (κ2) is 17.7. The normalized spacial score (nSPS) is 17.8. The number of halogens is 12. The highest BCUT2D eigenvalue weighted by molar-refractivity contribution is 9.09. The average molecular weight is 1130 g/mol. The lowest BCUT2D eigenvalue weighted by atomic mass is 9.96. The second-order valence-electron chi connectivity index (χ2n) is 14.6. The molecule has 0 aliphatic carbocycles. The van der Waals surface area contributed by atoms with Gasteiger partial charge in [0.15, 0.2) is 46.6 Å². The summed E-state index contributed by atoms with van der Waals surface area (Å²) in [5, 5.41) is 1.50. The van der Waals surface area contributed by atoms with E-state index in [9.17, 15) is 0 Å². The monoisotopic (exact) mass is 1120 g/mol. The number of hydrogen-bond acceptors (Lipinski definition) is 4. The third-order valence-corrected chi connectivity index (χ3v) is 13.4. The van der Waals surface area contributed by atoms with Gasteiger partial charge in [0.1, 0.15) is 45.6 Å². The molecule has 4 aromatic carbocycles. The van der Waals surface area contributed by atoms with E-state index in [0.29, 0.717) is 21.3 Å². The number of hydrogen-bond donors (Lipinski definition) is 0. The number of allylic oxidation sites excluding steroid dienone is 12. The first-order valence-electron chi connectivity index (χ1n) is 19.1. The first-order valence-corrected chi connectivity index (χ1v) is 23.6. The third-order valence-electron chi connectivity index (χ3n) is 10.8. The minimum atomic E-state index is -1.66. The zero-order valence-electron chi connectivity index (χ0n) is 32.4. The molecule has 8 bridgehead atoms. The molecule has 0 spiro atoms. The van der Waals surface area contributed by atoms with Crippen LogP contribution in [-0.4, -0.2) is 22.8 Å². The molecule has 0 radical (unpaired) electrons. The summed E-state index contributed by atoms with van der Waals surface area (Å²) >= 11 is 13.4. The van der Waals surface area contributed by atoms with Crippen LogP contribution >= 0.6 is 63.7 Å². The van der Waals surface area contributed by atoms with Gasteiger partial charge in [-0.2, -0.15) is 0 Å². The lowest BCUT2D eigenvalue weighted by Gasteiger charge is -2.13. The minimum Gasteiger partial charge on any atom is -0.241 e. The topological polar surface area (TPSA) is 49.4 Å². The lowest BCUT2D eigenvalue weighted by molar-refractivity contribution is 0.578. The SMILES string of the molecule is FC1=C(F)C2=C(c3ccc(CBr)cc3)C3=NC(=C(c4ccc(CBr)cc4)C4=NC(=C(c5ccc(CBr)cc5)C5=NC(=C(c6ccc(CBr)cc6)C1=N2)C(F)=C5F)C(F)=C4F)C(F)=C3F. The third kappa shape index (κ3) is 7.39. The fourth-order valence-electron chi connectivity index (χ4n) is 7.58. The van der Waals surface area contributed by atoms with Crippen LogP contribution in [0.2, 0.25) is 0 Å². The Kier molecular flexibility index (Phi) is 12.2. The molecule has 9 rings (SSSR count). The van der Waals surface area contributed by atoms with Crippen molar-refractivity contribution in [3.05, 3.63) is 211 Å². The predicted molar refractivity (Wildman–Crippen MR) is 251 cm³/mol. The van der Waals surface area contributed by atoms with Crippen LogP contribution in [0.1, 0.15) is 44.5 Å². The van der Waals surface area contributed by atoms with E-state index in [-0.39, 0.29) is 22.3 Å². The zero-order chi connectivity index (χ0) is 45.1. The number of aliphatic imine (C=N–C) groups is 4. The standard InChI is InChI=1S/C48H24Br4F8N4/c49-17-21-1-9-25(10-2-21)29-41-33(53)35(55)43(61-41)30(26-11-3-22(18-50)4-12-26)45-37(57)39(59)47(63-45)32(28-15-7-24(20-52)8-16-28)48-40(60)38(58)46(64-48)31(27-13-5-23(19-51)6-14-27)44-36(56)34(54)42(29)62-44/h1-16H,17-20H2. The van der Waals surface area contributed by atoms with E-state index in [1.54, 1.807) is 48.5 Å². The van der Waals surface area contributed by atoms with Gasteiger partial charge in [0.05, 0.1) is 0 Å². The zero-order valence-corrected chi connectivity index (χ0v) is 38.7. The maximum atomic E-state index is 16.9. The van der Waals surface area contributed by atoms with Crippen LogP contribution in [0.25, 0.3) is 22.3 Å². The molecule has 5 aliphatic heterocycles. The summed E-state index contributed by atoms with van der Waals surface area (Å²) in [4.78, 5) is 17.3. The van der Waals surface area contributed by atoms with Gasteiger partial charge in [-0.05, 0) is 44.5 Å². The van der Waals surface area contributed by atoms with Crippen molar-refractivity contribution in [2.45, 2.75) is 21.3 Å². The predicted octanol–water partition coefficient (Wildman–Crippen LogP) is 15.6. The second-order valence-corrected chi connectivity index (χ2v) is 16.8. The molecule has 0 amide bonds. The smallest absolute Gasteiger partial charge is 0.187 e. The van der Waals surface area contributed by atoms with Crippen molar-refractivity contribution >= 4 is 109 Å². The number of nitrogens with zero attached hydrogens (tertiary/aromatic N) is 4. The number of fused-ring (bicyclic) bond motifs is 4. The summed E-state index contributed by atoms with van der Waals surface area (Å²) in [6, 6.07) is 24.1. The van der Waals surface area contributed by atoms with E-state index >= 15 is 35.1 Å². The maximum Gasteiger partial charge on any atom is 0.187 e. The highest BCUT2D eigenvalue weighted by Crippen LogP contribution is 2.49. The molecule has 5 aliphatic rings. The van der Waals surface area contributed by atoms with Crippen LogP contribution in [-0.2, 0) is 21.3 Å². The molecule has 0 saturated heterocycles. The van der Waals surface area contributed by atoms with E-state index in [4.69, 9.17) is 0 Å². The van der Waals surface area contributed by atoms with Crippen LogP contribution in [0.3, 0.4) is 0 Å². The lowest BCUT2D eigenvalue weighted by Crippen LogP contribution is -2.06. The summed E-state index contributed by atoms with van der Waals surface area (Å²) in [5.74, 6) is -13.3. The largest absolute Gasteiger partial charge is 0.241 e. The van der Waals surface area contributed by atoms with Crippen LogP contribution in [0.4, 0.5) is 35.1 Å². The van der Waals surface area contributed by atoms with E-state index in [2.05, 4.69) is 83.7 Å². The molecular weight excluding hydrogens is 1100 g/mol. The Balaban J connectivity index is 1.48. The molecule has 4 aromatic rings. The molecule has 4 nitrogen and oxygen atoms in total. The van der Waals surface area contributed by atoms with Gasteiger partial charge in [-0.3, -0.25) is 0 Å². The Labute approximate surface area is 393 Å². The van der Waals surface area contributed by atoms with Crippen molar-refractivity contribution in [2.75, 3.05) is 0 Å². The molecule has 0 fully saturated rings. The highest BCUT2D eigenvalue weighted by atomic mass is 79.9. The van der Waals surface area contributed by atoms with Gasteiger partial charge in [-0.15, -0.1) is 0 Å². The maximum absolute atomic E-state index is 16.9. The summed E-state index contributed by atoms with van der Waals surface area (Å²) < 4.78 is 135. The Morgan fingerprint density at radius 3 is 0.594 bits per heavy atom. The molecule has 64 heavy (non-hydrogen) atoms. The average Bonchev–Trinajstić information content (AvgIpc) is 3.98. The van der Waals surface area contributed by atoms with Gasteiger partial charge in [-0.25, -0.2) is 55.1 Å². The van der Waals surface area contributed by atoms with E-state index in [0.717, 1.165) is 22.3 Å². The summed E-state index contributed by atoms with van der Waals surface area (Å²) in [5.41, 5.74) is -6.32. The van der Waals surface area contributed by atoms with Crippen molar-refractivity contribution in [1.29, 1.82) is 0 Å². The summed E-state index contributed by atoms with van der Waals surface area (Å²) in [6.07, 6.45) is 0. The van der Waals surface area contributed by atoms with Gasteiger partial charge in [-0.1, -0.05) is 161 Å². The van der Waals surface area contributed by atoms with Crippen molar-refractivity contribution < 1.29 is 35.1 Å². The Bertz CT molecular complexity index is 2690. The first-order chi connectivity index (χ1) is 30.9. The van der Waals surface area contributed by atoms with Gasteiger partial charge in [0.2, 0.25) is 0 Å². The van der Waals surface area contributed by atoms with Crippen molar-refractivity contribution in [2.24, 2.45) is 20.0 Å². The molecule has 320 valence electrons. The van der Waals surface area contributed by atoms with E-state index in [1.807, 2.05) is 0 Å². The molecule has 0 aromatic heterocycles. The van der Waals surface area contributed by atoms with Gasteiger partial charge < -0.3 is 0 Å². The van der Waals surface area contributed by atoms with Gasteiger partial charge in [0.25, 0.3) is 0 Å². The van der Waals surface area contributed by atoms with Crippen LogP contribution in [0, 0.1) is 0 Å². The van der Waals surface area contributed by atoms with E-state index < -0.39 is 115 Å². The fourth-order valence-corrected chi connectivity index (χ4v) is 9.08. The quantitative estimate of drug-likeness (QED) is 0.125.